The van der Waals surface area contributed by atoms with E-state index < -0.39 is 0 Å². The van der Waals surface area contributed by atoms with Crippen LogP contribution in [0.2, 0.25) is 0 Å². The molecule has 0 bridgehead atoms. The zero-order valence-electron chi connectivity index (χ0n) is 11.9. The molecule has 0 atom stereocenters. The van der Waals surface area contributed by atoms with Crippen LogP contribution in [0.1, 0.15) is 37.8 Å². The van der Waals surface area contributed by atoms with Crippen molar-refractivity contribution in [2.45, 2.75) is 40.0 Å². The van der Waals surface area contributed by atoms with Gasteiger partial charge in [0, 0.05) is 6.42 Å². The summed E-state index contributed by atoms with van der Waals surface area (Å²) < 4.78 is 0. The second-order valence-electron chi connectivity index (χ2n) is 3.97. The van der Waals surface area contributed by atoms with Crippen molar-refractivity contribution >= 4 is 0 Å². The van der Waals surface area contributed by atoms with E-state index in [-0.39, 0.29) is 0 Å². The minimum absolute atomic E-state index is 0.923. The van der Waals surface area contributed by atoms with Gasteiger partial charge >= 0.3 is 0 Å². The van der Waals surface area contributed by atoms with Gasteiger partial charge in [0.2, 0.25) is 0 Å². The number of rotatable bonds is 3. The third-order valence-corrected chi connectivity index (χ3v) is 2.34. The molecule has 18 heavy (non-hydrogen) atoms. The smallest absolute Gasteiger partial charge is 0.00637 e. The Morgan fingerprint density at radius 3 is 2.33 bits per heavy atom. The fraction of sp³-hybridized carbons (Fsp3) is 0.333. The van der Waals surface area contributed by atoms with Gasteiger partial charge in [0.25, 0.3) is 0 Å². The highest BCUT2D eigenvalue weighted by molar-refractivity contribution is 5.21. The lowest BCUT2D eigenvalue weighted by Crippen LogP contribution is -1.82. The normalized spacial score (nSPS) is 9.06. The Labute approximate surface area is 112 Å². The Morgan fingerprint density at radius 1 is 1.22 bits per heavy atom. The van der Waals surface area contributed by atoms with E-state index in [0.717, 1.165) is 19.3 Å². The van der Waals surface area contributed by atoms with Crippen molar-refractivity contribution in [1.29, 1.82) is 0 Å². The molecule has 1 aromatic carbocycles. The number of aryl methyl sites for hydroxylation is 2. The topological polar surface area (TPSA) is 0 Å². The molecule has 0 saturated carbocycles. The van der Waals surface area contributed by atoms with Crippen LogP contribution in [0.3, 0.4) is 0 Å². The first-order valence-corrected chi connectivity index (χ1v) is 6.50. The van der Waals surface area contributed by atoms with Gasteiger partial charge in [-0.05, 0) is 38.3 Å². The average molecular weight is 240 g/mol. The third-order valence-electron chi connectivity index (χ3n) is 2.34. The Bertz CT molecular complexity index is 396. The standard InChI is InChI=1S/C12H16.C6H8/c1-3-4-5-6-12-9-7-11(2)8-10-12;1-3-5-6-4-2/h3-4,7-10H,5-6H2,1-2H3;3H,1,4H2,2H3/b4-3-;. The number of allylic oxidation sites excluding steroid dienone is 3. The summed E-state index contributed by atoms with van der Waals surface area (Å²) in [5.74, 6) is 5.54. The fourth-order valence-corrected chi connectivity index (χ4v) is 1.35. The molecule has 1 rings (SSSR count). The SMILES string of the molecule is C/C=C\CCc1ccc(C)cc1.C=CC#CCC. The molecule has 0 heterocycles. The van der Waals surface area contributed by atoms with Crippen LogP contribution in [-0.2, 0) is 6.42 Å². The van der Waals surface area contributed by atoms with E-state index in [1.165, 1.54) is 11.1 Å². The molecule has 0 saturated heterocycles. The zero-order chi connectivity index (χ0) is 13.6. The van der Waals surface area contributed by atoms with Crippen molar-refractivity contribution in [1.82, 2.24) is 0 Å². The molecule has 0 aliphatic heterocycles. The van der Waals surface area contributed by atoms with Gasteiger partial charge < -0.3 is 0 Å². The van der Waals surface area contributed by atoms with Crippen molar-refractivity contribution < 1.29 is 0 Å². The fourth-order valence-electron chi connectivity index (χ4n) is 1.35. The first-order valence-electron chi connectivity index (χ1n) is 6.50. The lowest BCUT2D eigenvalue weighted by molar-refractivity contribution is 0.998. The molecule has 0 aromatic heterocycles. The molecule has 1 aromatic rings. The molecule has 0 amide bonds. The van der Waals surface area contributed by atoms with Gasteiger partial charge in [0.05, 0.1) is 0 Å². The summed E-state index contributed by atoms with van der Waals surface area (Å²) in [6.45, 7) is 9.62. The molecule has 0 heteroatoms. The number of hydrogen-bond acceptors (Lipinski definition) is 0. The van der Waals surface area contributed by atoms with Gasteiger partial charge in [0.15, 0.2) is 0 Å². The lowest BCUT2D eigenvalue weighted by Gasteiger charge is -1.98. The van der Waals surface area contributed by atoms with E-state index in [0.29, 0.717) is 0 Å². The van der Waals surface area contributed by atoms with Crippen LogP contribution < -0.4 is 0 Å². The maximum atomic E-state index is 3.42. The van der Waals surface area contributed by atoms with Gasteiger partial charge in [-0.2, -0.15) is 0 Å². The molecule has 0 spiro atoms. The first-order chi connectivity index (χ1) is 8.74. The maximum Gasteiger partial charge on any atom is 0.00637 e. The predicted octanol–water partition coefficient (Wildman–Crippen LogP) is 5.09. The summed E-state index contributed by atoms with van der Waals surface area (Å²) in [5.41, 5.74) is 2.77. The van der Waals surface area contributed by atoms with Crippen molar-refractivity contribution in [3.05, 3.63) is 60.2 Å². The molecule has 0 aliphatic rings. The maximum absolute atomic E-state index is 3.42. The van der Waals surface area contributed by atoms with Crippen molar-refractivity contribution in [3.8, 4) is 11.8 Å². The Balaban J connectivity index is 0.000000411. The van der Waals surface area contributed by atoms with Gasteiger partial charge in [-0.1, -0.05) is 67.3 Å². The van der Waals surface area contributed by atoms with Crippen LogP contribution in [0.4, 0.5) is 0 Å². The summed E-state index contributed by atoms with van der Waals surface area (Å²) in [6, 6.07) is 8.76. The first kappa shape index (κ1) is 16.3. The van der Waals surface area contributed by atoms with E-state index in [2.05, 4.69) is 68.7 Å². The summed E-state index contributed by atoms with van der Waals surface area (Å²) in [6.07, 6.45) is 9.15. The van der Waals surface area contributed by atoms with Crippen LogP contribution in [0.5, 0.6) is 0 Å². The largest absolute Gasteiger partial charge is 0.0988 e. The van der Waals surface area contributed by atoms with E-state index >= 15 is 0 Å². The average Bonchev–Trinajstić information content (AvgIpc) is 2.40. The van der Waals surface area contributed by atoms with Gasteiger partial charge in [-0.25, -0.2) is 0 Å². The van der Waals surface area contributed by atoms with Crippen molar-refractivity contribution in [3.63, 3.8) is 0 Å². The van der Waals surface area contributed by atoms with E-state index in [4.69, 9.17) is 0 Å². The van der Waals surface area contributed by atoms with Gasteiger partial charge in [0.1, 0.15) is 0 Å². The quantitative estimate of drug-likeness (QED) is 0.510. The second kappa shape index (κ2) is 11.7. The van der Waals surface area contributed by atoms with E-state index in [1.54, 1.807) is 6.08 Å². The van der Waals surface area contributed by atoms with Gasteiger partial charge in [-0.15, -0.1) is 0 Å². The monoisotopic (exact) mass is 240 g/mol. The predicted molar refractivity (Wildman–Crippen MR) is 82.6 cm³/mol. The molecule has 0 aliphatic carbocycles. The molecule has 0 radical (unpaired) electrons. The van der Waals surface area contributed by atoms with Crippen LogP contribution in [0, 0.1) is 18.8 Å². The Hall–Kier alpha value is -1.74. The highest BCUT2D eigenvalue weighted by Gasteiger charge is 1.89. The van der Waals surface area contributed by atoms with Crippen LogP contribution in [0.15, 0.2) is 49.1 Å². The molecular formula is C18H24. The zero-order valence-corrected chi connectivity index (χ0v) is 11.9. The van der Waals surface area contributed by atoms with Crippen LogP contribution in [0.25, 0.3) is 0 Å². The van der Waals surface area contributed by atoms with Crippen molar-refractivity contribution in [2.24, 2.45) is 0 Å². The van der Waals surface area contributed by atoms with E-state index in [1.807, 2.05) is 6.92 Å². The highest BCUT2D eigenvalue weighted by Crippen LogP contribution is 2.05. The Morgan fingerprint density at radius 2 is 1.89 bits per heavy atom. The molecule has 0 nitrogen and oxygen atoms in total. The third kappa shape index (κ3) is 9.48. The summed E-state index contributed by atoms with van der Waals surface area (Å²) in [7, 11) is 0. The van der Waals surface area contributed by atoms with Gasteiger partial charge in [-0.3, -0.25) is 0 Å². The van der Waals surface area contributed by atoms with E-state index in [9.17, 15) is 0 Å². The molecule has 0 unspecified atom stereocenters. The van der Waals surface area contributed by atoms with Crippen molar-refractivity contribution in [2.75, 3.05) is 0 Å². The minimum atomic E-state index is 0.923. The molecule has 0 fully saturated rings. The summed E-state index contributed by atoms with van der Waals surface area (Å²) in [5, 5.41) is 0. The molecule has 0 N–H and O–H groups in total. The molecular weight excluding hydrogens is 216 g/mol. The van der Waals surface area contributed by atoms with Crippen LogP contribution in [-0.4, -0.2) is 0 Å². The van der Waals surface area contributed by atoms with Crippen LogP contribution >= 0.6 is 0 Å². The Kier molecular flexibility index (Phi) is 10.6. The number of hydrogen-bond donors (Lipinski definition) is 0. The number of benzene rings is 1. The summed E-state index contributed by atoms with van der Waals surface area (Å²) >= 11 is 0. The second-order valence-corrected chi connectivity index (χ2v) is 3.97. The lowest BCUT2D eigenvalue weighted by atomic mass is 10.1. The molecule has 96 valence electrons. The summed E-state index contributed by atoms with van der Waals surface area (Å²) in [4.78, 5) is 0. The minimum Gasteiger partial charge on any atom is -0.0988 e. The highest BCUT2D eigenvalue weighted by atomic mass is 13.9.